The van der Waals surface area contributed by atoms with Gasteiger partial charge in [-0.2, -0.15) is 0 Å². The molecule has 0 bridgehead atoms. The lowest BCUT2D eigenvalue weighted by Crippen LogP contribution is -2.49. The van der Waals surface area contributed by atoms with Crippen molar-refractivity contribution in [2.24, 2.45) is 0 Å². The maximum Gasteiger partial charge on any atom is 0.409 e. The van der Waals surface area contributed by atoms with Crippen LogP contribution >= 0.6 is 0 Å². The van der Waals surface area contributed by atoms with E-state index in [1.807, 2.05) is 24.0 Å². The van der Waals surface area contributed by atoms with Crippen molar-refractivity contribution in [2.75, 3.05) is 50.1 Å². The summed E-state index contributed by atoms with van der Waals surface area (Å²) in [6, 6.07) is 7.21. The van der Waals surface area contributed by atoms with Crippen LogP contribution in [0.2, 0.25) is 0 Å². The van der Waals surface area contributed by atoms with Crippen molar-refractivity contribution >= 4 is 23.5 Å². The molecule has 9 nitrogen and oxygen atoms in total. The maximum absolute atomic E-state index is 12.7. The first-order valence-electron chi connectivity index (χ1n) is 9.46. The molecule has 2 amide bonds. The second-order valence-corrected chi connectivity index (χ2v) is 6.59. The molecule has 1 fully saturated rings. The number of aryl methyl sites for hydroxylation is 1. The SMILES string of the molecule is CCOC(=O)N1CCN(c2cc(C(=O)Nc3cc(C)ccc3OC)ncn2)CC1. The average molecular weight is 399 g/mol. The molecule has 1 aromatic heterocycles. The van der Waals surface area contributed by atoms with E-state index in [0.29, 0.717) is 50.0 Å². The van der Waals surface area contributed by atoms with Crippen LogP contribution in [0.5, 0.6) is 5.75 Å². The van der Waals surface area contributed by atoms with Crippen molar-refractivity contribution in [1.29, 1.82) is 0 Å². The van der Waals surface area contributed by atoms with E-state index in [1.54, 1.807) is 31.1 Å². The molecule has 1 saturated heterocycles. The van der Waals surface area contributed by atoms with Crippen LogP contribution in [0.15, 0.2) is 30.6 Å². The number of methoxy groups -OCH3 is 1. The number of benzene rings is 1. The second kappa shape index (κ2) is 9.22. The number of carbonyl (C=O) groups is 2. The zero-order valence-corrected chi connectivity index (χ0v) is 16.8. The van der Waals surface area contributed by atoms with Crippen LogP contribution < -0.4 is 15.0 Å². The van der Waals surface area contributed by atoms with E-state index in [0.717, 1.165) is 5.56 Å². The Bertz CT molecular complexity index is 881. The summed E-state index contributed by atoms with van der Waals surface area (Å²) in [5.74, 6) is 0.876. The predicted octanol–water partition coefficient (Wildman–Crippen LogP) is 2.32. The summed E-state index contributed by atoms with van der Waals surface area (Å²) in [4.78, 5) is 36.6. The number of nitrogens with zero attached hydrogens (tertiary/aromatic N) is 4. The van der Waals surface area contributed by atoms with E-state index in [-0.39, 0.29) is 17.7 Å². The van der Waals surface area contributed by atoms with Crippen LogP contribution in [0.25, 0.3) is 0 Å². The Kier molecular flexibility index (Phi) is 6.48. The maximum atomic E-state index is 12.7. The zero-order valence-electron chi connectivity index (χ0n) is 16.8. The number of hydrogen-bond donors (Lipinski definition) is 1. The Morgan fingerprint density at radius 1 is 1.14 bits per heavy atom. The molecule has 1 aromatic carbocycles. The number of carbonyl (C=O) groups excluding carboxylic acids is 2. The summed E-state index contributed by atoms with van der Waals surface area (Å²) in [5, 5.41) is 2.84. The third-order valence-electron chi connectivity index (χ3n) is 4.62. The van der Waals surface area contributed by atoms with Crippen molar-refractivity contribution in [1.82, 2.24) is 14.9 Å². The van der Waals surface area contributed by atoms with Gasteiger partial charge in [0.2, 0.25) is 0 Å². The Morgan fingerprint density at radius 3 is 2.59 bits per heavy atom. The molecule has 9 heteroatoms. The molecule has 1 aliphatic rings. The zero-order chi connectivity index (χ0) is 20.8. The molecular formula is C20H25N5O4. The van der Waals surface area contributed by atoms with Gasteiger partial charge in [-0.1, -0.05) is 6.07 Å². The molecular weight excluding hydrogens is 374 g/mol. The second-order valence-electron chi connectivity index (χ2n) is 6.59. The summed E-state index contributed by atoms with van der Waals surface area (Å²) < 4.78 is 10.3. The first-order chi connectivity index (χ1) is 14.0. The molecule has 0 spiro atoms. The molecule has 1 aliphatic heterocycles. The highest BCUT2D eigenvalue weighted by Gasteiger charge is 2.23. The van der Waals surface area contributed by atoms with Crippen molar-refractivity contribution in [3.8, 4) is 5.75 Å². The lowest BCUT2D eigenvalue weighted by molar-refractivity contribution is 0.102. The molecule has 0 aliphatic carbocycles. The molecule has 2 heterocycles. The van der Waals surface area contributed by atoms with E-state index < -0.39 is 0 Å². The number of hydrogen-bond acceptors (Lipinski definition) is 7. The number of nitrogens with one attached hydrogen (secondary N) is 1. The predicted molar refractivity (Wildman–Crippen MR) is 109 cm³/mol. The van der Waals surface area contributed by atoms with Gasteiger partial charge in [0.25, 0.3) is 5.91 Å². The van der Waals surface area contributed by atoms with Gasteiger partial charge in [0.1, 0.15) is 23.6 Å². The van der Waals surface area contributed by atoms with Gasteiger partial charge in [-0.3, -0.25) is 4.79 Å². The van der Waals surface area contributed by atoms with E-state index in [1.165, 1.54) is 6.33 Å². The van der Waals surface area contributed by atoms with Gasteiger partial charge in [-0.25, -0.2) is 14.8 Å². The number of ether oxygens (including phenoxy) is 2. The fourth-order valence-electron chi connectivity index (χ4n) is 3.08. The van der Waals surface area contributed by atoms with Gasteiger partial charge in [0, 0.05) is 32.2 Å². The van der Waals surface area contributed by atoms with Gasteiger partial charge in [-0.15, -0.1) is 0 Å². The molecule has 0 unspecified atom stereocenters. The van der Waals surface area contributed by atoms with Crippen LogP contribution in [-0.2, 0) is 4.74 Å². The van der Waals surface area contributed by atoms with Crippen LogP contribution in [0, 0.1) is 6.92 Å². The van der Waals surface area contributed by atoms with Crippen LogP contribution in [0.4, 0.5) is 16.3 Å². The first kappa shape index (κ1) is 20.4. The monoisotopic (exact) mass is 399 g/mol. The van der Waals surface area contributed by atoms with Gasteiger partial charge < -0.3 is 24.6 Å². The van der Waals surface area contributed by atoms with Gasteiger partial charge in [0.05, 0.1) is 19.4 Å². The minimum absolute atomic E-state index is 0.256. The van der Waals surface area contributed by atoms with Crippen molar-refractivity contribution in [3.63, 3.8) is 0 Å². The highest BCUT2D eigenvalue weighted by Crippen LogP contribution is 2.26. The first-order valence-corrected chi connectivity index (χ1v) is 9.46. The Hall–Kier alpha value is -3.36. The highest BCUT2D eigenvalue weighted by atomic mass is 16.6. The fraction of sp³-hybridized carbons (Fsp3) is 0.400. The van der Waals surface area contributed by atoms with Crippen molar-refractivity contribution in [2.45, 2.75) is 13.8 Å². The summed E-state index contributed by atoms with van der Waals surface area (Å²) in [7, 11) is 1.55. The lowest BCUT2D eigenvalue weighted by atomic mass is 10.2. The summed E-state index contributed by atoms with van der Waals surface area (Å²) in [5.41, 5.74) is 1.84. The Labute approximate surface area is 169 Å². The lowest BCUT2D eigenvalue weighted by Gasteiger charge is -2.34. The van der Waals surface area contributed by atoms with Gasteiger partial charge >= 0.3 is 6.09 Å². The number of anilines is 2. The highest BCUT2D eigenvalue weighted by molar-refractivity contribution is 6.04. The molecule has 1 N–H and O–H groups in total. The van der Waals surface area contributed by atoms with Gasteiger partial charge in [-0.05, 0) is 31.5 Å². The number of rotatable bonds is 5. The number of amides is 2. The van der Waals surface area contributed by atoms with Crippen molar-refractivity contribution < 1.29 is 19.1 Å². The smallest absolute Gasteiger partial charge is 0.409 e. The largest absolute Gasteiger partial charge is 0.495 e. The molecule has 0 radical (unpaired) electrons. The number of piperazine rings is 1. The summed E-state index contributed by atoms with van der Waals surface area (Å²) >= 11 is 0. The summed E-state index contributed by atoms with van der Waals surface area (Å²) in [6.45, 7) is 6.35. The van der Waals surface area contributed by atoms with Crippen molar-refractivity contribution in [3.05, 3.63) is 41.9 Å². The molecule has 0 saturated carbocycles. The third kappa shape index (κ3) is 4.92. The molecule has 29 heavy (non-hydrogen) atoms. The number of aromatic nitrogens is 2. The standard InChI is InChI=1S/C20H25N5O4/c1-4-29-20(27)25-9-7-24(8-10-25)18-12-16(21-13-22-18)19(26)23-15-11-14(2)5-6-17(15)28-3/h5-6,11-13H,4,7-10H2,1-3H3,(H,23,26). The minimum atomic E-state index is -0.345. The fourth-order valence-corrected chi connectivity index (χ4v) is 3.08. The van der Waals surface area contributed by atoms with E-state index >= 15 is 0 Å². The summed E-state index contributed by atoms with van der Waals surface area (Å²) in [6.07, 6.45) is 1.07. The molecule has 154 valence electrons. The minimum Gasteiger partial charge on any atom is -0.495 e. The Balaban J connectivity index is 1.68. The van der Waals surface area contributed by atoms with E-state index in [9.17, 15) is 9.59 Å². The topological polar surface area (TPSA) is 96.9 Å². The van der Waals surface area contributed by atoms with E-state index in [4.69, 9.17) is 9.47 Å². The van der Waals surface area contributed by atoms with E-state index in [2.05, 4.69) is 15.3 Å². The van der Waals surface area contributed by atoms with Gasteiger partial charge in [0.15, 0.2) is 0 Å². The normalized spacial score (nSPS) is 13.8. The molecule has 2 aromatic rings. The third-order valence-corrected chi connectivity index (χ3v) is 4.62. The molecule has 0 atom stereocenters. The van der Waals surface area contributed by atoms with Crippen LogP contribution in [0.3, 0.4) is 0 Å². The molecule has 3 rings (SSSR count). The quantitative estimate of drug-likeness (QED) is 0.824. The Morgan fingerprint density at radius 2 is 1.90 bits per heavy atom. The average Bonchev–Trinajstić information content (AvgIpc) is 2.74. The van der Waals surface area contributed by atoms with Crippen LogP contribution in [0.1, 0.15) is 23.0 Å². The van der Waals surface area contributed by atoms with Crippen LogP contribution in [-0.4, -0.2) is 66.8 Å².